The van der Waals surface area contributed by atoms with Gasteiger partial charge in [0.15, 0.2) is 0 Å². The fraction of sp³-hybridized carbons (Fsp3) is 0.818. The molecular formula is C11H17F2NO4. The van der Waals surface area contributed by atoms with Crippen LogP contribution in [-0.4, -0.2) is 46.7 Å². The van der Waals surface area contributed by atoms with Gasteiger partial charge in [0.25, 0.3) is 0 Å². The topological polar surface area (TPSA) is 66.8 Å². The van der Waals surface area contributed by atoms with Crippen molar-refractivity contribution in [3.8, 4) is 0 Å². The number of rotatable bonds is 2. The number of amides is 1. The van der Waals surface area contributed by atoms with Gasteiger partial charge in [-0.25, -0.2) is 18.4 Å². The molecule has 1 amide bonds. The van der Waals surface area contributed by atoms with Crippen LogP contribution >= 0.6 is 0 Å². The summed E-state index contributed by atoms with van der Waals surface area (Å²) in [7, 11) is 0. The lowest BCUT2D eigenvalue weighted by atomic mass is 10.1. The van der Waals surface area contributed by atoms with Gasteiger partial charge in [-0.15, -0.1) is 0 Å². The molecule has 0 aromatic carbocycles. The van der Waals surface area contributed by atoms with E-state index < -0.39 is 36.0 Å². The van der Waals surface area contributed by atoms with Crippen LogP contribution in [0, 0.1) is 5.92 Å². The minimum absolute atomic E-state index is 0.244. The van der Waals surface area contributed by atoms with E-state index in [9.17, 15) is 18.4 Å². The van der Waals surface area contributed by atoms with Crippen molar-refractivity contribution < 1.29 is 28.2 Å². The second kappa shape index (κ2) is 5.07. The fourth-order valence-electron chi connectivity index (χ4n) is 1.81. The first kappa shape index (κ1) is 14.7. The Morgan fingerprint density at radius 3 is 2.33 bits per heavy atom. The highest BCUT2D eigenvalue weighted by molar-refractivity contribution is 5.81. The second-order valence-electron chi connectivity index (χ2n) is 5.32. The molecule has 18 heavy (non-hydrogen) atoms. The number of alkyl halides is 2. The zero-order valence-corrected chi connectivity index (χ0v) is 10.5. The van der Waals surface area contributed by atoms with Crippen molar-refractivity contribution in [3.63, 3.8) is 0 Å². The van der Waals surface area contributed by atoms with Crippen molar-refractivity contribution in [2.45, 2.75) is 45.3 Å². The van der Waals surface area contributed by atoms with Gasteiger partial charge in [0, 0.05) is 12.5 Å². The molecule has 1 fully saturated rings. The third-order valence-corrected chi connectivity index (χ3v) is 2.60. The maximum atomic E-state index is 12.6. The molecule has 0 bridgehead atoms. The van der Waals surface area contributed by atoms with Crippen molar-refractivity contribution in [1.82, 2.24) is 4.90 Å². The van der Waals surface area contributed by atoms with E-state index in [-0.39, 0.29) is 13.0 Å². The minimum Gasteiger partial charge on any atom is -0.480 e. The average molecular weight is 265 g/mol. The molecule has 0 aromatic rings. The number of hydrogen-bond donors (Lipinski definition) is 1. The molecule has 2 atom stereocenters. The van der Waals surface area contributed by atoms with E-state index in [1.54, 1.807) is 20.8 Å². The van der Waals surface area contributed by atoms with E-state index in [1.165, 1.54) is 0 Å². The summed E-state index contributed by atoms with van der Waals surface area (Å²) in [6.07, 6.45) is -3.75. The maximum Gasteiger partial charge on any atom is 0.411 e. The van der Waals surface area contributed by atoms with Crippen LogP contribution in [-0.2, 0) is 9.53 Å². The first-order chi connectivity index (χ1) is 8.11. The van der Waals surface area contributed by atoms with Crippen LogP contribution in [0.15, 0.2) is 0 Å². The number of carbonyl (C=O) groups excluding carboxylic acids is 1. The summed E-state index contributed by atoms with van der Waals surface area (Å²) in [5.74, 6) is -2.40. The highest BCUT2D eigenvalue weighted by atomic mass is 19.3. The average Bonchev–Trinajstić information content (AvgIpc) is 2.58. The lowest BCUT2D eigenvalue weighted by Gasteiger charge is -2.26. The summed E-state index contributed by atoms with van der Waals surface area (Å²) in [5.41, 5.74) is -0.789. The molecule has 1 aliphatic heterocycles. The summed E-state index contributed by atoms with van der Waals surface area (Å²) in [6.45, 7) is 4.59. The second-order valence-corrected chi connectivity index (χ2v) is 5.32. The van der Waals surface area contributed by atoms with E-state index >= 15 is 0 Å². The van der Waals surface area contributed by atoms with Crippen LogP contribution in [0.5, 0.6) is 0 Å². The summed E-state index contributed by atoms with van der Waals surface area (Å²) in [6, 6.07) is -1.24. The molecule has 7 heteroatoms. The SMILES string of the molecule is CC(C)(C)OC(=O)N1CC(C(F)F)C[C@@H]1C(=O)O. The van der Waals surface area contributed by atoms with Gasteiger partial charge < -0.3 is 9.84 Å². The van der Waals surface area contributed by atoms with Crippen LogP contribution in [0.25, 0.3) is 0 Å². The van der Waals surface area contributed by atoms with Crippen molar-refractivity contribution in [2.75, 3.05) is 6.54 Å². The molecule has 1 rings (SSSR count). The number of ether oxygens (including phenoxy) is 1. The zero-order valence-electron chi connectivity index (χ0n) is 10.5. The molecule has 0 radical (unpaired) electrons. The first-order valence-corrected chi connectivity index (χ1v) is 5.62. The van der Waals surface area contributed by atoms with E-state index in [2.05, 4.69) is 0 Å². The molecule has 0 aromatic heterocycles. The van der Waals surface area contributed by atoms with Crippen LogP contribution in [0.4, 0.5) is 13.6 Å². The Morgan fingerprint density at radius 2 is 1.94 bits per heavy atom. The van der Waals surface area contributed by atoms with Crippen LogP contribution < -0.4 is 0 Å². The lowest BCUT2D eigenvalue weighted by Crippen LogP contribution is -2.43. The highest BCUT2D eigenvalue weighted by Crippen LogP contribution is 2.29. The first-order valence-electron chi connectivity index (χ1n) is 5.62. The Bertz CT molecular complexity index is 340. The number of hydrogen-bond acceptors (Lipinski definition) is 3. The third kappa shape index (κ3) is 3.54. The molecule has 1 heterocycles. The maximum absolute atomic E-state index is 12.6. The predicted octanol–water partition coefficient (Wildman–Crippen LogP) is 1.96. The Hall–Kier alpha value is -1.40. The van der Waals surface area contributed by atoms with Gasteiger partial charge in [-0.3, -0.25) is 4.90 Å². The summed E-state index contributed by atoms with van der Waals surface area (Å²) in [5, 5.41) is 8.94. The molecule has 1 saturated heterocycles. The van der Waals surface area contributed by atoms with Crippen molar-refractivity contribution in [1.29, 1.82) is 0 Å². The van der Waals surface area contributed by atoms with Gasteiger partial charge in [0.05, 0.1) is 0 Å². The Kier molecular flexibility index (Phi) is 4.13. The number of carboxylic acid groups (broad SMARTS) is 1. The van der Waals surface area contributed by atoms with Crippen LogP contribution in [0.3, 0.4) is 0 Å². The van der Waals surface area contributed by atoms with Crippen molar-refractivity contribution in [2.24, 2.45) is 5.92 Å². The molecule has 5 nitrogen and oxygen atoms in total. The van der Waals surface area contributed by atoms with Crippen molar-refractivity contribution >= 4 is 12.1 Å². The summed E-state index contributed by atoms with van der Waals surface area (Å²) in [4.78, 5) is 23.6. The van der Waals surface area contributed by atoms with Gasteiger partial charge in [0.2, 0.25) is 6.43 Å². The normalized spacial score (nSPS) is 24.4. The van der Waals surface area contributed by atoms with E-state index in [4.69, 9.17) is 9.84 Å². The van der Waals surface area contributed by atoms with Crippen LogP contribution in [0.2, 0.25) is 0 Å². The fourth-order valence-corrected chi connectivity index (χ4v) is 1.81. The predicted molar refractivity (Wildman–Crippen MR) is 58.5 cm³/mol. The highest BCUT2D eigenvalue weighted by Gasteiger charge is 2.44. The van der Waals surface area contributed by atoms with Gasteiger partial charge >= 0.3 is 12.1 Å². The zero-order chi connectivity index (χ0) is 14.1. The molecule has 1 N–H and O–H groups in total. The Balaban J connectivity index is 2.78. The van der Waals surface area contributed by atoms with Gasteiger partial charge in [-0.05, 0) is 27.2 Å². The Morgan fingerprint density at radius 1 is 1.39 bits per heavy atom. The summed E-state index contributed by atoms with van der Waals surface area (Å²) >= 11 is 0. The Labute approximate surface area is 104 Å². The van der Waals surface area contributed by atoms with Gasteiger partial charge in [-0.1, -0.05) is 0 Å². The largest absolute Gasteiger partial charge is 0.480 e. The molecule has 1 aliphatic rings. The van der Waals surface area contributed by atoms with Gasteiger partial charge in [-0.2, -0.15) is 0 Å². The van der Waals surface area contributed by atoms with Gasteiger partial charge in [0.1, 0.15) is 11.6 Å². The number of nitrogens with zero attached hydrogens (tertiary/aromatic N) is 1. The number of aliphatic carboxylic acids is 1. The standard InChI is InChI=1S/C11H17F2NO4/c1-11(2,3)18-10(17)14-5-6(8(12)13)4-7(14)9(15)16/h6-8H,4-5H2,1-3H3,(H,15,16)/t6?,7-/m1/s1. The molecular weight excluding hydrogens is 248 g/mol. The number of halogens is 2. The van der Waals surface area contributed by atoms with Crippen molar-refractivity contribution in [3.05, 3.63) is 0 Å². The monoisotopic (exact) mass is 265 g/mol. The quantitative estimate of drug-likeness (QED) is 0.828. The summed E-state index contributed by atoms with van der Waals surface area (Å²) < 4.78 is 30.2. The molecule has 1 unspecified atom stereocenters. The third-order valence-electron chi connectivity index (χ3n) is 2.60. The van der Waals surface area contributed by atoms with Crippen LogP contribution in [0.1, 0.15) is 27.2 Å². The van der Waals surface area contributed by atoms with E-state index in [0.717, 1.165) is 4.90 Å². The van der Waals surface area contributed by atoms with E-state index in [0.29, 0.717) is 0 Å². The van der Waals surface area contributed by atoms with E-state index in [1.807, 2.05) is 0 Å². The molecule has 0 spiro atoms. The minimum atomic E-state index is -2.64. The smallest absolute Gasteiger partial charge is 0.411 e. The molecule has 104 valence electrons. The lowest BCUT2D eigenvalue weighted by molar-refractivity contribution is -0.142. The molecule has 0 aliphatic carbocycles. The number of likely N-dealkylation sites (tertiary alicyclic amines) is 1. The number of carbonyl (C=O) groups is 2. The molecule has 0 saturated carbocycles. The number of carboxylic acids is 1.